The summed E-state index contributed by atoms with van der Waals surface area (Å²) in [6, 6.07) is 17.2. The van der Waals surface area contributed by atoms with Crippen LogP contribution in [-0.4, -0.2) is 52.0 Å². The van der Waals surface area contributed by atoms with Crippen LogP contribution in [0, 0.1) is 0 Å². The highest BCUT2D eigenvalue weighted by Gasteiger charge is 2.54. The highest BCUT2D eigenvalue weighted by atomic mass is 16.6. The molecule has 1 aliphatic rings. The second-order valence-corrected chi connectivity index (χ2v) is 8.00. The Morgan fingerprint density at radius 3 is 2.15 bits per heavy atom. The van der Waals surface area contributed by atoms with Gasteiger partial charge in [0.2, 0.25) is 11.8 Å². The van der Waals surface area contributed by atoms with Crippen LogP contribution in [0.4, 0.5) is 4.79 Å². The highest BCUT2D eigenvalue weighted by Crippen LogP contribution is 2.35. The molecule has 9 heteroatoms. The Balaban J connectivity index is 1.79. The molecule has 1 unspecified atom stereocenters. The first-order chi connectivity index (χ1) is 15.8. The molecule has 0 spiro atoms. The normalized spacial score (nSPS) is 18.0. The van der Waals surface area contributed by atoms with Crippen LogP contribution in [-0.2, 0) is 32.1 Å². The average Bonchev–Trinajstić information content (AvgIpc) is 2.79. The van der Waals surface area contributed by atoms with Crippen LogP contribution in [0.15, 0.2) is 60.7 Å². The zero-order valence-corrected chi connectivity index (χ0v) is 18.1. The van der Waals surface area contributed by atoms with E-state index >= 15 is 0 Å². The van der Waals surface area contributed by atoms with Crippen molar-refractivity contribution in [1.82, 2.24) is 10.2 Å². The van der Waals surface area contributed by atoms with Gasteiger partial charge in [-0.1, -0.05) is 60.7 Å². The summed E-state index contributed by atoms with van der Waals surface area (Å²) in [6.07, 6.45) is -0.542. The fraction of sp³-hybridized carbons (Fsp3) is 0.333. The Morgan fingerprint density at radius 2 is 1.64 bits per heavy atom. The zero-order valence-electron chi connectivity index (χ0n) is 18.1. The molecule has 1 fully saturated rings. The van der Waals surface area contributed by atoms with Gasteiger partial charge < -0.3 is 20.9 Å². The molecule has 3 rings (SSSR count). The van der Waals surface area contributed by atoms with Crippen LogP contribution in [0.25, 0.3) is 0 Å². The number of benzene rings is 2. The van der Waals surface area contributed by atoms with Crippen molar-refractivity contribution in [2.45, 2.75) is 43.9 Å². The van der Waals surface area contributed by atoms with Crippen LogP contribution in [0.3, 0.4) is 0 Å². The lowest BCUT2D eigenvalue weighted by atomic mass is 9.78. The van der Waals surface area contributed by atoms with E-state index in [2.05, 4.69) is 5.32 Å². The molecule has 0 aliphatic carbocycles. The van der Waals surface area contributed by atoms with Gasteiger partial charge in [0.1, 0.15) is 18.2 Å². The van der Waals surface area contributed by atoms with E-state index in [0.717, 1.165) is 11.1 Å². The van der Waals surface area contributed by atoms with E-state index in [9.17, 15) is 19.2 Å². The topological polar surface area (TPSA) is 139 Å². The van der Waals surface area contributed by atoms with Crippen molar-refractivity contribution in [1.29, 1.82) is 0 Å². The number of carbonyl (C=O) groups is 4. The largest absolute Gasteiger partial charge is 0.481 e. The van der Waals surface area contributed by atoms with E-state index in [-0.39, 0.29) is 25.9 Å². The van der Waals surface area contributed by atoms with E-state index in [0.29, 0.717) is 13.0 Å². The summed E-state index contributed by atoms with van der Waals surface area (Å²) in [5.41, 5.74) is 5.75. The third-order valence-electron chi connectivity index (χ3n) is 5.75. The Hall–Kier alpha value is -3.88. The number of hydrogen-bond acceptors (Lipinski definition) is 5. The molecular weight excluding hydrogens is 426 g/mol. The van der Waals surface area contributed by atoms with Crippen LogP contribution in [0.1, 0.15) is 30.4 Å². The van der Waals surface area contributed by atoms with Gasteiger partial charge >= 0.3 is 12.1 Å². The molecule has 0 aromatic heterocycles. The first-order valence-electron chi connectivity index (χ1n) is 10.7. The highest BCUT2D eigenvalue weighted by molar-refractivity contribution is 5.95. The zero-order chi connectivity index (χ0) is 23.8. The molecule has 4 N–H and O–H groups in total. The molecule has 2 aromatic rings. The van der Waals surface area contributed by atoms with E-state index in [1.165, 1.54) is 4.90 Å². The number of ether oxygens (including phenoxy) is 1. The number of rotatable bonds is 10. The number of carboxylic acid groups (broad SMARTS) is 1. The van der Waals surface area contributed by atoms with Crippen molar-refractivity contribution in [3.8, 4) is 0 Å². The second kappa shape index (κ2) is 10.6. The van der Waals surface area contributed by atoms with Crippen molar-refractivity contribution in [3.05, 3.63) is 71.8 Å². The Labute approximate surface area is 191 Å². The summed E-state index contributed by atoms with van der Waals surface area (Å²) in [4.78, 5) is 50.4. The summed E-state index contributed by atoms with van der Waals surface area (Å²) in [7, 11) is 0. The summed E-state index contributed by atoms with van der Waals surface area (Å²) in [6.45, 7) is 0.367. The molecule has 2 aromatic carbocycles. The second-order valence-electron chi connectivity index (χ2n) is 8.00. The molecule has 0 radical (unpaired) electrons. The van der Waals surface area contributed by atoms with Gasteiger partial charge in [0.15, 0.2) is 0 Å². The molecule has 1 aliphatic heterocycles. The van der Waals surface area contributed by atoms with Gasteiger partial charge in [0.25, 0.3) is 0 Å². The number of carboxylic acids is 1. The Kier molecular flexibility index (Phi) is 7.66. The first kappa shape index (κ1) is 23.8. The fourth-order valence-electron chi connectivity index (χ4n) is 3.84. The summed E-state index contributed by atoms with van der Waals surface area (Å²) in [5.74, 6) is -2.51. The van der Waals surface area contributed by atoms with Crippen LogP contribution < -0.4 is 11.1 Å². The number of amides is 3. The molecule has 0 bridgehead atoms. The number of hydrogen-bond donors (Lipinski definition) is 3. The minimum atomic E-state index is -1.27. The molecule has 1 saturated heterocycles. The van der Waals surface area contributed by atoms with Crippen LogP contribution in [0.5, 0.6) is 0 Å². The summed E-state index contributed by atoms with van der Waals surface area (Å²) >= 11 is 0. The van der Waals surface area contributed by atoms with Gasteiger partial charge in [-0.25, -0.2) is 4.79 Å². The monoisotopic (exact) mass is 453 g/mol. The molecular formula is C24H27N3O6. The minimum absolute atomic E-state index is 0.0573. The minimum Gasteiger partial charge on any atom is -0.481 e. The predicted molar refractivity (Wildman–Crippen MR) is 119 cm³/mol. The lowest BCUT2D eigenvalue weighted by molar-refractivity contribution is -0.144. The molecule has 33 heavy (non-hydrogen) atoms. The number of aliphatic carboxylic acids is 1. The quantitative estimate of drug-likeness (QED) is 0.502. The lowest BCUT2D eigenvalue weighted by Gasteiger charge is -2.50. The van der Waals surface area contributed by atoms with Crippen molar-refractivity contribution in [2.75, 3.05) is 6.54 Å². The smallest absolute Gasteiger partial charge is 0.411 e. The molecule has 9 nitrogen and oxygen atoms in total. The average molecular weight is 453 g/mol. The maximum Gasteiger partial charge on any atom is 0.411 e. The number of nitrogens with zero attached hydrogens (tertiary/aromatic N) is 1. The number of carbonyl (C=O) groups excluding carboxylic acids is 3. The number of nitrogens with two attached hydrogens (primary N) is 1. The lowest BCUT2D eigenvalue weighted by Crippen LogP contribution is -2.71. The van der Waals surface area contributed by atoms with Crippen molar-refractivity contribution >= 4 is 23.9 Å². The number of likely N-dealkylation sites (tertiary alicyclic amines) is 1. The third-order valence-corrected chi connectivity index (χ3v) is 5.75. The van der Waals surface area contributed by atoms with Crippen molar-refractivity contribution in [2.24, 2.45) is 5.73 Å². The first-order valence-corrected chi connectivity index (χ1v) is 10.7. The summed E-state index contributed by atoms with van der Waals surface area (Å²) in [5, 5.41) is 11.5. The van der Waals surface area contributed by atoms with Crippen molar-refractivity contribution in [3.63, 3.8) is 0 Å². The van der Waals surface area contributed by atoms with Gasteiger partial charge in [-0.2, -0.15) is 0 Å². The van der Waals surface area contributed by atoms with E-state index in [4.69, 9.17) is 15.6 Å². The Bertz CT molecular complexity index is 998. The van der Waals surface area contributed by atoms with Crippen molar-refractivity contribution < 1.29 is 29.0 Å². The Morgan fingerprint density at radius 1 is 1.03 bits per heavy atom. The van der Waals surface area contributed by atoms with E-state index < -0.39 is 35.5 Å². The molecule has 0 saturated carbocycles. The summed E-state index contributed by atoms with van der Waals surface area (Å²) < 4.78 is 5.44. The predicted octanol–water partition coefficient (Wildman–Crippen LogP) is 1.85. The van der Waals surface area contributed by atoms with Gasteiger partial charge in [0.05, 0.1) is 0 Å². The van der Waals surface area contributed by atoms with Crippen LogP contribution >= 0.6 is 0 Å². The van der Waals surface area contributed by atoms with E-state index in [1.54, 1.807) is 0 Å². The SMILES string of the molecule is NC(=O)[C@H](CCC(=O)O)NC(=O)C1(Cc2ccccc2)CCN1C(=O)OCc1ccccc1. The van der Waals surface area contributed by atoms with Gasteiger partial charge in [-0.3, -0.25) is 19.3 Å². The van der Waals surface area contributed by atoms with Gasteiger partial charge in [0, 0.05) is 19.4 Å². The van der Waals surface area contributed by atoms with E-state index in [1.807, 2.05) is 60.7 Å². The maximum atomic E-state index is 13.4. The fourth-order valence-corrected chi connectivity index (χ4v) is 3.84. The van der Waals surface area contributed by atoms with Gasteiger partial charge in [-0.15, -0.1) is 0 Å². The van der Waals surface area contributed by atoms with Gasteiger partial charge in [-0.05, 0) is 24.0 Å². The van der Waals surface area contributed by atoms with Crippen LogP contribution in [0.2, 0.25) is 0 Å². The third kappa shape index (κ3) is 5.88. The molecule has 3 amide bonds. The molecule has 174 valence electrons. The standard InChI is InChI=1S/C24H27N3O6/c25-21(30)19(11-12-20(28)29)26-22(31)24(15-17-7-3-1-4-8-17)13-14-27(24)23(32)33-16-18-9-5-2-6-10-18/h1-10,19H,11-16H2,(H2,25,30)(H,26,31)(H,28,29)/t19-,24?/m0/s1. The molecule has 2 atom stereocenters. The number of primary amides is 1. The number of nitrogens with one attached hydrogen (secondary N) is 1. The maximum absolute atomic E-state index is 13.4. The molecule has 1 heterocycles.